The smallest absolute Gasteiger partial charge is 0.306 e. The maximum atomic E-state index is 12.1. The highest BCUT2D eigenvalue weighted by Gasteiger charge is 2.26. The van der Waals surface area contributed by atoms with E-state index in [0.717, 1.165) is 36.9 Å². The quantitative estimate of drug-likeness (QED) is 0.633. The van der Waals surface area contributed by atoms with Gasteiger partial charge in [0.25, 0.3) is 5.91 Å². The first-order valence-electron chi connectivity index (χ1n) is 11.6. The molecule has 0 saturated heterocycles. The number of carbonyl (C=O) groups excluding carboxylic acids is 2. The van der Waals surface area contributed by atoms with E-state index in [1.807, 2.05) is 34.6 Å². The average molecular weight is 438 g/mol. The first-order chi connectivity index (χ1) is 15.1. The third-order valence-corrected chi connectivity index (χ3v) is 6.09. The topological polar surface area (TPSA) is 95.2 Å². The Bertz CT molecular complexity index is 969. The lowest BCUT2D eigenvalue weighted by Gasteiger charge is -2.29. The number of amides is 1. The van der Waals surface area contributed by atoms with Crippen LogP contribution < -0.4 is 5.73 Å². The number of rotatable bonds is 6. The Balaban J connectivity index is 1.66. The molecule has 1 fully saturated rings. The number of ether oxygens (including phenoxy) is 1. The van der Waals surface area contributed by atoms with Crippen LogP contribution in [0.5, 0.6) is 0 Å². The highest BCUT2D eigenvalue weighted by Crippen LogP contribution is 2.38. The van der Waals surface area contributed by atoms with Crippen LogP contribution in [0.1, 0.15) is 93.2 Å². The Kier molecular flexibility index (Phi) is 7.32. The van der Waals surface area contributed by atoms with Gasteiger partial charge < -0.3 is 10.5 Å². The molecule has 1 amide bonds. The lowest BCUT2D eigenvalue weighted by molar-refractivity contribution is -0.156. The van der Waals surface area contributed by atoms with Gasteiger partial charge in [0.05, 0.1) is 17.1 Å². The van der Waals surface area contributed by atoms with Gasteiger partial charge >= 0.3 is 5.97 Å². The van der Waals surface area contributed by atoms with E-state index in [2.05, 4.69) is 34.2 Å². The number of primary amides is 1. The lowest BCUT2D eigenvalue weighted by Crippen LogP contribution is -2.26. The molecule has 6 heteroatoms. The second-order valence-corrected chi connectivity index (χ2v) is 9.80. The molecule has 0 aliphatic heterocycles. The van der Waals surface area contributed by atoms with Gasteiger partial charge in [0.1, 0.15) is 11.3 Å². The van der Waals surface area contributed by atoms with Gasteiger partial charge in [-0.3, -0.25) is 14.6 Å². The van der Waals surface area contributed by atoms with E-state index >= 15 is 0 Å². The van der Waals surface area contributed by atoms with Gasteiger partial charge in [-0.1, -0.05) is 31.2 Å². The maximum Gasteiger partial charge on any atom is 0.306 e. The first kappa shape index (κ1) is 23.9. The van der Waals surface area contributed by atoms with Crippen LogP contribution in [0.3, 0.4) is 0 Å². The molecule has 0 unspecified atom stereocenters. The largest absolute Gasteiger partial charge is 0.460 e. The van der Waals surface area contributed by atoms with Crippen molar-refractivity contribution in [2.45, 2.75) is 84.7 Å². The second kappa shape index (κ2) is 9.80. The molecule has 1 aromatic heterocycles. The lowest BCUT2D eigenvalue weighted by atomic mass is 9.77. The second-order valence-electron chi connectivity index (χ2n) is 9.80. The summed E-state index contributed by atoms with van der Waals surface area (Å²) in [5.41, 5.74) is 9.70. The summed E-state index contributed by atoms with van der Waals surface area (Å²) in [4.78, 5) is 33.0. The van der Waals surface area contributed by atoms with Crippen LogP contribution in [0.15, 0.2) is 24.3 Å². The summed E-state index contributed by atoms with van der Waals surface area (Å²) < 4.78 is 5.48. The first-order valence-corrected chi connectivity index (χ1v) is 11.6. The molecule has 1 aliphatic carbocycles. The number of carbonyl (C=O) groups is 2. The Hall–Kier alpha value is -2.76. The van der Waals surface area contributed by atoms with E-state index in [1.165, 1.54) is 5.56 Å². The zero-order chi connectivity index (χ0) is 23.5. The van der Waals surface area contributed by atoms with E-state index in [9.17, 15) is 9.59 Å². The van der Waals surface area contributed by atoms with Gasteiger partial charge in [-0.15, -0.1) is 0 Å². The standard InChI is InChI=1S/C26H35N3O3/c1-6-21-24(25(27)31)29-23(16(2)28-21)20-13-11-19(12-14-20)18-9-7-17(8-10-18)15-22(30)32-26(3,4)5/h11-14,17-18H,6-10,15H2,1-5H3,(H2,27,31). The summed E-state index contributed by atoms with van der Waals surface area (Å²) in [6.45, 7) is 9.57. The third-order valence-electron chi connectivity index (χ3n) is 6.09. The number of aryl methyl sites for hydroxylation is 2. The predicted octanol–water partition coefficient (Wildman–Crippen LogP) is 5.12. The molecule has 1 aliphatic rings. The Morgan fingerprint density at radius 3 is 2.22 bits per heavy atom. The molecule has 3 rings (SSSR count). The van der Waals surface area contributed by atoms with Crippen molar-refractivity contribution in [3.8, 4) is 11.3 Å². The fourth-order valence-electron chi connectivity index (χ4n) is 4.51. The number of hydrogen-bond acceptors (Lipinski definition) is 5. The number of esters is 1. The summed E-state index contributed by atoms with van der Waals surface area (Å²) in [5.74, 6) is 0.263. The van der Waals surface area contributed by atoms with Crippen molar-refractivity contribution in [1.82, 2.24) is 9.97 Å². The van der Waals surface area contributed by atoms with Gasteiger partial charge in [-0.2, -0.15) is 0 Å². The number of nitrogens with two attached hydrogens (primary N) is 1. The van der Waals surface area contributed by atoms with Crippen LogP contribution in [-0.2, 0) is 16.0 Å². The molecule has 172 valence electrons. The van der Waals surface area contributed by atoms with Gasteiger partial charge in [-0.25, -0.2) is 4.98 Å². The average Bonchev–Trinajstić information content (AvgIpc) is 2.72. The minimum Gasteiger partial charge on any atom is -0.460 e. The van der Waals surface area contributed by atoms with Crippen LogP contribution >= 0.6 is 0 Å². The fourth-order valence-corrected chi connectivity index (χ4v) is 4.51. The Morgan fingerprint density at radius 2 is 1.69 bits per heavy atom. The van der Waals surface area contributed by atoms with Crippen molar-refractivity contribution in [3.05, 3.63) is 46.9 Å². The van der Waals surface area contributed by atoms with Gasteiger partial charge in [0.2, 0.25) is 0 Å². The zero-order valence-electron chi connectivity index (χ0n) is 19.9. The summed E-state index contributed by atoms with van der Waals surface area (Å²) >= 11 is 0. The van der Waals surface area contributed by atoms with Crippen LogP contribution in [0.2, 0.25) is 0 Å². The van der Waals surface area contributed by atoms with Gasteiger partial charge in [0.15, 0.2) is 0 Å². The molecular weight excluding hydrogens is 402 g/mol. The number of benzene rings is 1. The van der Waals surface area contributed by atoms with Crippen molar-refractivity contribution < 1.29 is 14.3 Å². The molecular formula is C26H35N3O3. The molecule has 0 spiro atoms. The van der Waals surface area contributed by atoms with Crippen LogP contribution in [-0.4, -0.2) is 27.4 Å². The number of hydrogen-bond donors (Lipinski definition) is 1. The molecule has 1 aromatic carbocycles. The van der Waals surface area contributed by atoms with Crippen molar-refractivity contribution in [2.75, 3.05) is 0 Å². The highest BCUT2D eigenvalue weighted by molar-refractivity contribution is 5.92. The van der Waals surface area contributed by atoms with E-state index in [-0.39, 0.29) is 11.7 Å². The van der Waals surface area contributed by atoms with Gasteiger partial charge in [-0.05, 0) is 77.2 Å². The molecule has 0 radical (unpaired) electrons. The van der Waals surface area contributed by atoms with Gasteiger partial charge in [0, 0.05) is 12.0 Å². The van der Waals surface area contributed by atoms with E-state index in [4.69, 9.17) is 10.5 Å². The summed E-state index contributed by atoms with van der Waals surface area (Å²) in [6, 6.07) is 8.39. The summed E-state index contributed by atoms with van der Waals surface area (Å²) in [5, 5.41) is 0. The minimum atomic E-state index is -0.546. The maximum absolute atomic E-state index is 12.1. The normalized spacial score (nSPS) is 18.9. The van der Waals surface area contributed by atoms with Crippen molar-refractivity contribution >= 4 is 11.9 Å². The molecule has 0 atom stereocenters. The number of aromatic nitrogens is 2. The fraction of sp³-hybridized carbons (Fsp3) is 0.538. The Morgan fingerprint density at radius 1 is 1.06 bits per heavy atom. The summed E-state index contributed by atoms with van der Waals surface area (Å²) in [6.07, 6.45) is 5.34. The molecule has 32 heavy (non-hydrogen) atoms. The SMILES string of the molecule is CCc1nc(C)c(-c2ccc(C3CCC(CC(=O)OC(C)(C)C)CC3)cc2)nc1C(N)=O. The van der Waals surface area contributed by atoms with Crippen LogP contribution in [0.25, 0.3) is 11.3 Å². The molecule has 2 aromatic rings. The third kappa shape index (κ3) is 5.93. The molecule has 1 heterocycles. The molecule has 1 saturated carbocycles. The van der Waals surface area contributed by atoms with Crippen molar-refractivity contribution in [1.29, 1.82) is 0 Å². The van der Waals surface area contributed by atoms with Crippen LogP contribution in [0.4, 0.5) is 0 Å². The monoisotopic (exact) mass is 437 g/mol. The zero-order valence-corrected chi connectivity index (χ0v) is 19.9. The van der Waals surface area contributed by atoms with Crippen LogP contribution in [0, 0.1) is 12.8 Å². The van der Waals surface area contributed by atoms with E-state index < -0.39 is 11.5 Å². The number of nitrogens with zero attached hydrogens (tertiary/aromatic N) is 2. The molecule has 6 nitrogen and oxygen atoms in total. The summed E-state index contributed by atoms with van der Waals surface area (Å²) in [7, 11) is 0. The minimum absolute atomic E-state index is 0.0915. The molecule has 0 bridgehead atoms. The van der Waals surface area contributed by atoms with E-state index in [0.29, 0.717) is 36.1 Å². The van der Waals surface area contributed by atoms with Crippen molar-refractivity contribution in [3.63, 3.8) is 0 Å². The Labute approximate surface area is 191 Å². The molecule has 2 N–H and O–H groups in total. The highest BCUT2D eigenvalue weighted by atomic mass is 16.6. The van der Waals surface area contributed by atoms with E-state index in [1.54, 1.807) is 0 Å². The van der Waals surface area contributed by atoms with Crippen molar-refractivity contribution in [2.24, 2.45) is 11.7 Å². The predicted molar refractivity (Wildman–Crippen MR) is 125 cm³/mol.